The molecule has 0 bridgehead atoms. The zero-order valence-corrected chi connectivity index (χ0v) is 9.95. The van der Waals surface area contributed by atoms with Crippen molar-refractivity contribution in [3.63, 3.8) is 0 Å². The fourth-order valence-corrected chi connectivity index (χ4v) is 2.04. The van der Waals surface area contributed by atoms with Crippen molar-refractivity contribution in [3.8, 4) is 0 Å². The molecule has 86 valence electrons. The van der Waals surface area contributed by atoms with Crippen molar-refractivity contribution >= 4 is 5.69 Å². The first-order valence-electron chi connectivity index (χ1n) is 5.90. The van der Waals surface area contributed by atoms with Crippen molar-refractivity contribution < 1.29 is 0 Å². The summed E-state index contributed by atoms with van der Waals surface area (Å²) in [4.78, 5) is 2.46. The smallest absolute Gasteiger partial charge is 0.0359 e. The molecule has 1 aromatic rings. The van der Waals surface area contributed by atoms with Gasteiger partial charge >= 0.3 is 0 Å². The van der Waals surface area contributed by atoms with Crippen molar-refractivity contribution in [1.29, 1.82) is 0 Å². The number of nitrogen functional groups attached to an aromatic ring is 1. The Kier molecular flexibility index (Phi) is 3.30. The maximum Gasteiger partial charge on any atom is 0.0359 e. The van der Waals surface area contributed by atoms with Crippen LogP contribution in [0.3, 0.4) is 0 Å². The van der Waals surface area contributed by atoms with Gasteiger partial charge < -0.3 is 5.73 Å². The van der Waals surface area contributed by atoms with E-state index < -0.39 is 0 Å². The van der Waals surface area contributed by atoms with E-state index in [9.17, 15) is 0 Å². The molecule has 1 saturated carbocycles. The Bertz CT molecular complexity index is 380. The summed E-state index contributed by atoms with van der Waals surface area (Å²) in [5.41, 5.74) is 9.43. The second-order valence-electron chi connectivity index (χ2n) is 4.65. The summed E-state index contributed by atoms with van der Waals surface area (Å²) in [6.45, 7) is 7.83. The molecular formula is C14H20N2. The number of rotatable bonds is 5. The summed E-state index contributed by atoms with van der Waals surface area (Å²) in [6.07, 6.45) is 4.61. The molecule has 0 aliphatic heterocycles. The van der Waals surface area contributed by atoms with Gasteiger partial charge in [-0.05, 0) is 31.4 Å². The molecule has 2 rings (SSSR count). The van der Waals surface area contributed by atoms with Crippen LogP contribution in [-0.4, -0.2) is 17.5 Å². The van der Waals surface area contributed by atoms with E-state index in [4.69, 9.17) is 5.73 Å². The van der Waals surface area contributed by atoms with Gasteiger partial charge in [-0.3, -0.25) is 4.90 Å². The zero-order valence-electron chi connectivity index (χ0n) is 9.95. The van der Waals surface area contributed by atoms with Crippen LogP contribution >= 0.6 is 0 Å². The van der Waals surface area contributed by atoms with Gasteiger partial charge in [-0.15, -0.1) is 6.58 Å². The van der Waals surface area contributed by atoms with Gasteiger partial charge in [0, 0.05) is 24.8 Å². The Balaban J connectivity index is 2.10. The van der Waals surface area contributed by atoms with Crippen LogP contribution in [0.2, 0.25) is 0 Å². The predicted octanol–water partition coefficient (Wildman–Crippen LogP) is 2.73. The van der Waals surface area contributed by atoms with Gasteiger partial charge in [0.15, 0.2) is 0 Å². The highest BCUT2D eigenvalue weighted by Crippen LogP contribution is 2.29. The van der Waals surface area contributed by atoms with E-state index in [-0.39, 0.29) is 0 Å². The highest BCUT2D eigenvalue weighted by atomic mass is 15.2. The molecule has 1 fully saturated rings. The molecule has 2 heteroatoms. The van der Waals surface area contributed by atoms with Crippen molar-refractivity contribution in [2.24, 2.45) is 0 Å². The fraction of sp³-hybridized carbons (Fsp3) is 0.429. The minimum Gasteiger partial charge on any atom is -0.398 e. The van der Waals surface area contributed by atoms with Gasteiger partial charge in [-0.2, -0.15) is 0 Å². The van der Waals surface area contributed by atoms with Gasteiger partial charge in [-0.25, -0.2) is 0 Å². The molecule has 0 atom stereocenters. The monoisotopic (exact) mass is 216 g/mol. The Morgan fingerprint density at radius 2 is 2.25 bits per heavy atom. The topological polar surface area (TPSA) is 29.3 Å². The van der Waals surface area contributed by atoms with Crippen LogP contribution < -0.4 is 5.73 Å². The molecule has 0 heterocycles. The highest BCUT2D eigenvalue weighted by Gasteiger charge is 2.28. The van der Waals surface area contributed by atoms with Crippen molar-refractivity contribution in [1.82, 2.24) is 4.90 Å². The van der Waals surface area contributed by atoms with Crippen LogP contribution in [0.15, 0.2) is 30.9 Å². The van der Waals surface area contributed by atoms with E-state index in [1.54, 1.807) is 0 Å². The van der Waals surface area contributed by atoms with Crippen LogP contribution in [0, 0.1) is 6.92 Å². The Morgan fingerprint density at radius 3 is 2.88 bits per heavy atom. The first kappa shape index (κ1) is 11.2. The maximum atomic E-state index is 6.00. The number of nitrogens with zero attached hydrogens (tertiary/aromatic N) is 1. The number of hydrogen-bond donors (Lipinski definition) is 1. The van der Waals surface area contributed by atoms with Gasteiger partial charge in [0.05, 0.1) is 0 Å². The van der Waals surface area contributed by atoms with Gasteiger partial charge in [0.25, 0.3) is 0 Å². The van der Waals surface area contributed by atoms with Gasteiger partial charge in [0.1, 0.15) is 0 Å². The Morgan fingerprint density at radius 1 is 1.50 bits per heavy atom. The quantitative estimate of drug-likeness (QED) is 0.605. The standard InChI is InChI=1S/C14H20N2/c1-3-8-16(13-5-6-13)10-12-9-11(2)4-7-14(12)15/h3-4,7,9,13H,1,5-6,8,10,15H2,2H3. The van der Waals surface area contributed by atoms with E-state index in [1.807, 2.05) is 12.1 Å². The van der Waals surface area contributed by atoms with Crippen LogP contribution in [-0.2, 0) is 6.54 Å². The fourth-order valence-electron chi connectivity index (χ4n) is 2.04. The third-order valence-corrected chi connectivity index (χ3v) is 3.10. The summed E-state index contributed by atoms with van der Waals surface area (Å²) < 4.78 is 0. The van der Waals surface area contributed by atoms with Crippen molar-refractivity contribution in [2.75, 3.05) is 12.3 Å². The number of nitrogens with two attached hydrogens (primary N) is 1. The van der Waals surface area contributed by atoms with Crippen LogP contribution in [0.1, 0.15) is 24.0 Å². The molecule has 1 aliphatic carbocycles. The molecule has 0 unspecified atom stereocenters. The molecule has 0 aromatic heterocycles. The van der Waals surface area contributed by atoms with E-state index in [0.717, 1.165) is 24.8 Å². The summed E-state index contributed by atoms with van der Waals surface area (Å²) in [6, 6.07) is 7.00. The van der Waals surface area contributed by atoms with Crippen molar-refractivity contribution in [2.45, 2.75) is 32.4 Å². The molecule has 16 heavy (non-hydrogen) atoms. The predicted molar refractivity (Wildman–Crippen MR) is 69.2 cm³/mol. The van der Waals surface area contributed by atoms with Crippen LogP contribution in [0.5, 0.6) is 0 Å². The molecule has 0 spiro atoms. The minimum atomic E-state index is 0.748. The zero-order chi connectivity index (χ0) is 11.5. The second-order valence-corrected chi connectivity index (χ2v) is 4.65. The lowest BCUT2D eigenvalue weighted by Crippen LogP contribution is -2.26. The number of hydrogen-bond acceptors (Lipinski definition) is 2. The number of anilines is 1. The highest BCUT2D eigenvalue weighted by molar-refractivity contribution is 5.48. The lowest BCUT2D eigenvalue weighted by atomic mass is 10.1. The molecule has 1 aromatic carbocycles. The van der Waals surface area contributed by atoms with E-state index in [0.29, 0.717) is 0 Å². The molecule has 0 radical (unpaired) electrons. The molecule has 0 amide bonds. The van der Waals surface area contributed by atoms with E-state index in [1.165, 1.54) is 24.0 Å². The average Bonchev–Trinajstić information content (AvgIpc) is 3.06. The number of benzene rings is 1. The lowest BCUT2D eigenvalue weighted by molar-refractivity contribution is 0.284. The Hall–Kier alpha value is -1.28. The van der Waals surface area contributed by atoms with E-state index in [2.05, 4.69) is 30.5 Å². The SMILES string of the molecule is C=CCN(Cc1cc(C)ccc1N)C1CC1. The molecule has 0 saturated heterocycles. The maximum absolute atomic E-state index is 6.00. The normalized spacial score (nSPS) is 15.4. The van der Waals surface area contributed by atoms with Gasteiger partial charge in [-0.1, -0.05) is 23.8 Å². The van der Waals surface area contributed by atoms with Crippen LogP contribution in [0.4, 0.5) is 5.69 Å². The van der Waals surface area contributed by atoms with Gasteiger partial charge in [0.2, 0.25) is 0 Å². The number of aryl methyl sites for hydroxylation is 1. The molecule has 2 N–H and O–H groups in total. The molecular weight excluding hydrogens is 196 g/mol. The molecule has 1 aliphatic rings. The first-order chi connectivity index (χ1) is 7.70. The summed E-state index contributed by atoms with van der Waals surface area (Å²) in [7, 11) is 0. The lowest BCUT2D eigenvalue weighted by Gasteiger charge is -2.21. The summed E-state index contributed by atoms with van der Waals surface area (Å²) in [5, 5.41) is 0. The largest absolute Gasteiger partial charge is 0.398 e. The second kappa shape index (κ2) is 4.71. The Labute approximate surface area is 97.8 Å². The van der Waals surface area contributed by atoms with E-state index >= 15 is 0 Å². The minimum absolute atomic E-state index is 0.748. The third-order valence-electron chi connectivity index (χ3n) is 3.10. The molecule has 2 nitrogen and oxygen atoms in total. The third kappa shape index (κ3) is 2.64. The average molecular weight is 216 g/mol. The van der Waals surface area contributed by atoms with Crippen LogP contribution in [0.25, 0.3) is 0 Å². The first-order valence-corrected chi connectivity index (χ1v) is 5.90. The van der Waals surface area contributed by atoms with Crippen molar-refractivity contribution in [3.05, 3.63) is 42.0 Å². The summed E-state index contributed by atoms with van der Waals surface area (Å²) >= 11 is 0. The summed E-state index contributed by atoms with van der Waals surface area (Å²) in [5.74, 6) is 0.